The monoisotopic (exact) mass is 311 g/mol. The van der Waals surface area contributed by atoms with Crippen molar-refractivity contribution in [2.24, 2.45) is 5.73 Å². The van der Waals surface area contributed by atoms with Gasteiger partial charge in [-0.1, -0.05) is 0 Å². The highest BCUT2D eigenvalue weighted by molar-refractivity contribution is 6.16. The quantitative estimate of drug-likeness (QED) is 0.609. The van der Waals surface area contributed by atoms with E-state index in [1.165, 1.54) is 0 Å². The standard InChI is InChI=1S/C14H21N3O5/c15-12(20)7-16-3-5-21-13(8-16)17-4-6-22-14(9-17)10(18)1-2-11(14)19/h13H,1-9H2,(H2,15,20). The van der Waals surface area contributed by atoms with E-state index >= 15 is 0 Å². The molecule has 1 spiro atoms. The van der Waals surface area contributed by atoms with E-state index in [1.54, 1.807) is 0 Å². The van der Waals surface area contributed by atoms with E-state index in [-0.39, 0.29) is 49.6 Å². The Labute approximate surface area is 128 Å². The average molecular weight is 311 g/mol. The van der Waals surface area contributed by atoms with Gasteiger partial charge in [0.1, 0.15) is 6.23 Å². The van der Waals surface area contributed by atoms with Crippen molar-refractivity contribution in [2.45, 2.75) is 24.7 Å². The van der Waals surface area contributed by atoms with Crippen molar-refractivity contribution in [1.82, 2.24) is 9.80 Å². The molecule has 2 aliphatic heterocycles. The molecule has 3 rings (SSSR count). The van der Waals surface area contributed by atoms with Crippen LogP contribution in [0.4, 0.5) is 0 Å². The number of carbonyl (C=O) groups excluding carboxylic acids is 3. The van der Waals surface area contributed by atoms with Gasteiger partial charge in [-0.15, -0.1) is 0 Å². The molecule has 1 atom stereocenters. The fraction of sp³-hybridized carbons (Fsp3) is 0.786. The Kier molecular flexibility index (Phi) is 4.26. The zero-order chi connectivity index (χ0) is 15.7. The summed E-state index contributed by atoms with van der Waals surface area (Å²) in [6, 6.07) is 0. The highest BCUT2D eigenvalue weighted by Gasteiger charge is 2.54. The first-order valence-corrected chi connectivity index (χ1v) is 7.58. The molecule has 0 radical (unpaired) electrons. The van der Waals surface area contributed by atoms with Crippen molar-refractivity contribution in [3.63, 3.8) is 0 Å². The molecule has 1 unspecified atom stereocenters. The number of hydrogen-bond acceptors (Lipinski definition) is 7. The molecule has 0 aromatic heterocycles. The fourth-order valence-corrected chi connectivity index (χ4v) is 3.38. The Morgan fingerprint density at radius 3 is 2.64 bits per heavy atom. The number of hydrogen-bond donors (Lipinski definition) is 1. The lowest BCUT2D eigenvalue weighted by molar-refractivity contribution is -0.185. The molecule has 2 N–H and O–H groups in total. The van der Waals surface area contributed by atoms with Crippen LogP contribution in [0.15, 0.2) is 0 Å². The first kappa shape index (κ1) is 15.5. The van der Waals surface area contributed by atoms with Gasteiger partial charge < -0.3 is 15.2 Å². The van der Waals surface area contributed by atoms with Crippen LogP contribution < -0.4 is 5.73 Å². The maximum atomic E-state index is 12.1. The van der Waals surface area contributed by atoms with Crippen LogP contribution in [0.2, 0.25) is 0 Å². The summed E-state index contributed by atoms with van der Waals surface area (Å²) in [6.45, 7) is 3.01. The van der Waals surface area contributed by atoms with E-state index in [0.29, 0.717) is 32.8 Å². The Bertz CT molecular complexity index is 479. The summed E-state index contributed by atoms with van der Waals surface area (Å²) >= 11 is 0. The van der Waals surface area contributed by atoms with Gasteiger partial charge in [0.15, 0.2) is 17.2 Å². The van der Waals surface area contributed by atoms with Crippen LogP contribution in [0.25, 0.3) is 0 Å². The maximum Gasteiger partial charge on any atom is 0.231 e. The zero-order valence-electron chi connectivity index (χ0n) is 12.5. The largest absolute Gasteiger partial charge is 0.369 e. The molecule has 0 aromatic carbocycles. The van der Waals surface area contributed by atoms with E-state index in [2.05, 4.69) is 0 Å². The zero-order valence-corrected chi connectivity index (χ0v) is 12.5. The molecule has 1 saturated carbocycles. The van der Waals surface area contributed by atoms with Crippen LogP contribution in [0.1, 0.15) is 12.8 Å². The smallest absolute Gasteiger partial charge is 0.231 e. The van der Waals surface area contributed by atoms with Gasteiger partial charge in [0.2, 0.25) is 5.91 Å². The Balaban J connectivity index is 1.68. The van der Waals surface area contributed by atoms with Crippen LogP contribution in [0.5, 0.6) is 0 Å². The van der Waals surface area contributed by atoms with Crippen molar-refractivity contribution in [3.05, 3.63) is 0 Å². The summed E-state index contributed by atoms with van der Waals surface area (Å²) in [6.07, 6.45) is 0.257. The van der Waals surface area contributed by atoms with E-state index in [1.807, 2.05) is 9.80 Å². The Morgan fingerprint density at radius 1 is 1.23 bits per heavy atom. The number of nitrogens with two attached hydrogens (primary N) is 1. The van der Waals surface area contributed by atoms with Gasteiger partial charge in [0.25, 0.3) is 0 Å². The van der Waals surface area contributed by atoms with E-state index in [4.69, 9.17) is 15.2 Å². The molecular formula is C14H21N3O5. The van der Waals surface area contributed by atoms with E-state index in [9.17, 15) is 14.4 Å². The summed E-state index contributed by atoms with van der Waals surface area (Å²) in [5, 5.41) is 0. The molecule has 22 heavy (non-hydrogen) atoms. The van der Waals surface area contributed by atoms with Crippen molar-refractivity contribution in [2.75, 3.05) is 45.9 Å². The number of morpholine rings is 2. The lowest BCUT2D eigenvalue weighted by atomic mass is 9.97. The maximum absolute atomic E-state index is 12.1. The van der Waals surface area contributed by atoms with Crippen LogP contribution in [0.3, 0.4) is 0 Å². The van der Waals surface area contributed by atoms with Crippen LogP contribution in [-0.2, 0) is 23.9 Å². The number of Topliss-reactive ketones (excluding diaryl/α,β-unsaturated/α-hetero) is 2. The van der Waals surface area contributed by atoms with Crippen LogP contribution >= 0.6 is 0 Å². The normalized spacial score (nSPS) is 30.1. The molecule has 122 valence electrons. The van der Waals surface area contributed by atoms with Crippen molar-refractivity contribution in [3.8, 4) is 0 Å². The molecule has 2 saturated heterocycles. The molecule has 3 aliphatic rings. The molecule has 2 heterocycles. The third kappa shape index (κ3) is 2.79. The third-order valence-corrected chi connectivity index (χ3v) is 4.55. The van der Waals surface area contributed by atoms with Crippen LogP contribution in [-0.4, -0.2) is 85.0 Å². The molecule has 3 fully saturated rings. The lowest BCUT2D eigenvalue weighted by Crippen LogP contribution is -2.63. The van der Waals surface area contributed by atoms with Crippen molar-refractivity contribution >= 4 is 17.5 Å². The number of ether oxygens (including phenoxy) is 2. The van der Waals surface area contributed by atoms with Gasteiger partial charge in [-0.3, -0.25) is 24.2 Å². The van der Waals surface area contributed by atoms with Crippen LogP contribution in [0, 0.1) is 0 Å². The van der Waals surface area contributed by atoms with Gasteiger partial charge in [0, 0.05) is 39.0 Å². The molecule has 8 heteroatoms. The molecular weight excluding hydrogens is 290 g/mol. The molecule has 1 amide bonds. The van der Waals surface area contributed by atoms with E-state index < -0.39 is 5.60 Å². The number of ketones is 2. The molecule has 0 bridgehead atoms. The first-order valence-electron chi connectivity index (χ1n) is 7.58. The van der Waals surface area contributed by atoms with Crippen molar-refractivity contribution in [1.29, 1.82) is 0 Å². The number of primary amides is 1. The average Bonchev–Trinajstić information content (AvgIpc) is 2.76. The van der Waals surface area contributed by atoms with Gasteiger partial charge >= 0.3 is 0 Å². The first-order chi connectivity index (χ1) is 10.5. The predicted molar refractivity (Wildman–Crippen MR) is 74.9 cm³/mol. The summed E-state index contributed by atoms with van der Waals surface area (Å²) in [4.78, 5) is 39.2. The second kappa shape index (κ2) is 6.04. The van der Waals surface area contributed by atoms with E-state index in [0.717, 1.165) is 0 Å². The fourth-order valence-electron chi connectivity index (χ4n) is 3.38. The minimum absolute atomic E-state index is 0.132. The lowest BCUT2D eigenvalue weighted by Gasteiger charge is -2.44. The summed E-state index contributed by atoms with van der Waals surface area (Å²) in [5.74, 6) is -0.640. The van der Waals surface area contributed by atoms with Gasteiger partial charge in [-0.25, -0.2) is 0 Å². The highest BCUT2D eigenvalue weighted by atomic mass is 16.5. The van der Waals surface area contributed by atoms with Gasteiger partial charge in [0.05, 0.1) is 19.8 Å². The highest BCUT2D eigenvalue weighted by Crippen LogP contribution is 2.31. The summed E-state index contributed by atoms with van der Waals surface area (Å²) < 4.78 is 11.3. The summed E-state index contributed by atoms with van der Waals surface area (Å²) in [7, 11) is 0. The number of nitrogens with zero attached hydrogens (tertiary/aromatic N) is 2. The Morgan fingerprint density at radius 2 is 1.95 bits per heavy atom. The van der Waals surface area contributed by atoms with Crippen molar-refractivity contribution < 1.29 is 23.9 Å². The second-order valence-electron chi connectivity index (χ2n) is 6.02. The number of rotatable bonds is 3. The molecule has 8 nitrogen and oxygen atoms in total. The second-order valence-corrected chi connectivity index (χ2v) is 6.02. The predicted octanol–water partition coefficient (Wildman–Crippen LogP) is -1.87. The Hall–Kier alpha value is -1.35. The number of amides is 1. The topological polar surface area (TPSA) is 102 Å². The molecule has 1 aliphatic carbocycles. The van der Waals surface area contributed by atoms with Gasteiger partial charge in [-0.2, -0.15) is 0 Å². The SMILES string of the molecule is NC(=O)CN1CCOC(N2CCOC3(C2)C(=O)CCC3=O)C1. The third-order valence-electron chi connectivity index (χ3n) is 4.55. The van der Waals surface area contributed by atoms with Gasteiger partial charge in [-0.05, 0) is 0 Å². The summed E-state index contributed by atoms with van der Waals surface area (Å²) in [5.41, 5.74) is 3.94. The molecule has 0 aromatic rings. The minimum atomic E-state index is -1.30. The minimum Gasteiger partial charge on any atom is -0.369 e. The number of carbonyl (C=O) groups is 3.